The summed E-state index contributed by atoms with van der Waals surface area (Å²) in [6, 6.07) is 9.80. The molecule has 0 aromatic heterocycles. The first-order valence-corrected chi connectivity index (χ1v) is 14.0. The molecule has 31 heavy (non-hydrogen) atoms. The highest BCUT2D eigenvalue weighted by Crippen LogP contribution is 2.60. The normalized spacial score (nSPS) is 29.2. The predicted octanol–water partition coefficient (Wildman–Crippen LogP) is 5.56. The van der Waals surface area contributed by atoms with Gasteiger partial charge >= 0.3 is 5.97 Å². The molecule has 4 aliphatic rings. The average Bonchev–Trinajstić information content (AvgIpc) is 2.68. The molecule has 0 aliphatic heterocycles. The minimum Gasteiger partial charge on any atom is -0.744 e. The molecule has 0 heterocycles. The summed E-state index contributed by atoms with van der Waals surface area (Å²) < 4.78 is 43.6. The van der Waals surface area contributed by atoms with Crippen LogP contribution in [0.2, 0.25) is 0 Å². The van der Waals surface area contributed by atoms with Gasteiger partial charge in [-0.2, -0.15) is 0 Å². The van der Waals surface area contributed by atoms with Crippen LogP contribution in [-0.2, 0) is 10.1 Å². The molecule has 2 aromatic rings. The van der Waals surface area contributed by atoms with Gasteiger partial charge in [-0.25, -0.2) is 13.2 Å². The van der Waals surface area contributed by atoms with Gasteiger partial charge in [0, 0.05) is 7.14 Å². The lowest BCUT2D eigenvalue weighted by Crippen LogP contribution is -2.44. The van der Waals surface area contributed by atoms with Crippen molar-refractivity contribution in [2.45, 2.75) is 42.9 Å². The molecule has 164 valence electrons. The maximum atomic E-state index is 12.8. The smallest absolute Gasteiger partial charge is 0.344 e. The number of ether oxygens (including phenoxy) is 1. The monoisotopic (exact) mass is 663 g/mol. The van der Waals surface area contributed by atoms with Gasteiger partial charge in [-0.1, -0.05) is 6.07 Å². The molecule has 4 saturated carbocycles. The van der Waals surface area contributed by atoms with Gasteiger partial charge in [-0.05, 0) is 143 Å². The van der Waals surface area contributed by atoms with Crippen molar-refractivity contribution in [2.75, 3.05) is 0 Å². The number of carbonyl (C=O) groups excluding carboxylic acids is 1. The number of hydrogen-bond donors (Lipinski definition) is 0. The van der Waals surface area contributed by atoms with Gasteiger partial charge in [-0.15, -0.1) is 0 Å². The molecule has 4 aliphatic carbocycles. The van der Waals surface area contributed by atoms with Crippen LogP contribution in [0.3, 0.4) is 0 Å². The van der Waals surface area contributed by atoms with Gasteiger partial charge in [0.25, 0.3) is 0 Å². The summed E-state index contributed by atoms with van der Waals surface area (Å²) in [5.74, 6) is 2.11. The highest BCUT2D eigenvalue weighted by molar-refractivity contribution is 14.1. The Hall–Kier alpha value is -0.720. The van der Waals surface area contributed by atoms with E-state index in [1.807, 2.05) is 6.07 Å². The lowest BCUT2D eigenvalue weighted by atomic mass is 9.51. The number of rotatable bonds is 4. The number of carbonyl (C=O) groups is 1. The number of hydrogen-bond acceptors (Lipinski definition) is 5. The van der Waals surface area contributed by atoms with Crippen molar-refractivity contribution in [3.63, 3.8) is 0 Å². The van der Waals surface area contributed by atoms with Crippen LogP contribution in [0, 0.1) is 30.8 Å². The first-order valence-electron chi connectivity index (χ1n) is 10.5. The maximum absolute atomic E-state index is 12.8. The zero-order valence-electron chi connectivity index (χ0n) is 16.6. The molecule has 0 amide bonds. The standard InChI is InChI=1S/C23H22I2O5S/c24-19-3-1-2-17(22(19)25)23(26)30-16-4-5-20(31(27,28)29)18(11-16)21-14-7-12-6-13(9-14)10-15(21)8-12/h1-5,11-15,21H,6-10H2,(H,27,28,29)/p-1. The second-order valence-corrected chi connectivity index (χ2v) is 12.7. The molecule has 0 N–H and O–H groups in total. The molecule has 4 bridgehead atoms. The van der Waals surface area contributed by atoms with Gasteiger partial charge in [0.1, 0.15) is 15.9 Å². The lowest BCUT2D eigenvalue weighted by molar-refractivity contribution is -0.00374. The van der Waals surface area contributed by atoms with E-state index in [0.717, 1.165) is 44.7 Å². The van der Waals surface area contributed by atoms with E-state index in [1.54, 1.807) is 18.2 Å². The molecule has 2 aromatic carbocycles. The quantitative estimate of drug-likeness (QED) is 0.185. The topological polar surface area (TPSA) is 83.5 Å². The maximum Gasteiger partial charge on any atom is 0.344 e. The number of halogens is 2. The highest BCUT2D eigenvalue weighted by atomic mass is 127. The Balaban J connectivity index is 1.51. The van der Waals surface area contributed by atoms with E-state index >= 15 is 0 Å². The van der Waals surface area contributed by atoms with E-state index < -0.39 is 16.1 Å². The first kappa shape index (κ1) is 22.1. The summed E-state index contributed by atoms with van der Waals surface area (Å²) in [5, 5.41) is 0. The van der Waals surface area contributed by atoms with Gasteiger partial charge in [0.15, 0.2) is 0 Å². The zero-order chi connectivity index (χ0) is 21.9. The second-order valence-electron chi connectivity index (χ2n) is 9.10. The van der Waals surface area contributed by atoms with Crippen molar-refractivity contribution in [2.24, 2.45) is 23.7 Å². The molecular formula is C23H21I2O5S-. The van der Waals surface area contributed by atoms with Crippen molar-refractivity contribution in [3.8, 4) is 5.75 Å². The predicted molar refractivity (Wildman–Crippen MR) is 131 cm³/mol. The summed E-state index contributed by atoms with van der Waals surface area (Å²) in [5.41, 5.74) is 1.01. The van der Waals surface area contributed by atoms with Gasteiger partial charge in [0.2, 0.25) is 0 Å². The largest absolute Gasteiger partial charge is 0.744 e. The van der Waals surface area contributed by atoms with Crippen LogP contribution in [0.15, 0.2) is 41.3 Å². The summed E-state index contributed by atoms with van der Waals surface area (Å²) in [4.78, 5) is 12.6. The van der Waals surface area contributed by atoms with Gasteiger partial charge < -0.3 is 9.29 Å². The van der Waals surface area contributed by atoms with E-state index in [0.29, 0.717) is 23.0 Å². The Bertz CT molecular complexity index is 1130. The van der Waals surface area contributed by atoms with Crippen LogP contribution in [0.4, 0.5) is 0 Å². The second kappa shape index (κ2) is 8.25. The van der Waals surface area contributed by atoms with Crippen LogP contribution in [-0.4, -0.2) is 18.9 Å². The van der Waals surface area contributed by atoms with E-state index in [1.165, 1.54) is 18.6 Å². The summed E-state index contributed by atoms with van der Waals surface area (Å²) in [6.07, 6.45) is 5.68. The molecule has 0 radical (unpaired) electrons. The summed E-state index contributed by atoms with van der Waals surface area (Å²) in [7, 11) is -4.62. The number of benzene rings is 2. The van der Waals surface area contributed by atoms with Crippen molar-refractivity contribution in [1.82, 2.24) is 0 Å². The highest BCUT2D eigenvalue weighted by Gasteiger charge is 2.49. The van der Waals surface area contributed by atoms with Gasteiger partial charge in [0.05, 0.1) is 10.5 Å². The number of esters is 1. The van der Waals surface area contributed by atoms with E-state index in [9.17, 15) is 17.8 Å². The molecule has 0 unspecified atom stereocenters. The average molecular weight is 663 g/mol. The first-order chi connectivity index (χ1) is 14.7. The Morgan fingerprint density at radius 2 is 1.61 bits per heavy atom. The van der Waals surface area contributed by atoms with Crippen molar-refractivity contribution < 1.29 is 22.5 Å². The fourth-order valence-corrected chi connectivity index (χ4v) is 8.13. The Morgan fingerprint density at radius 1 is 0.968 bits per heavy atom. The third kappa shape index (κ3) is 4.17. The molecule has 4 fully saturated rings. The fourth-order valence-electron chi connectivity index (χ4n) is 6.33. The molecule has 0 atom stereocenters. The Kier molecular flexibility index (Phi) is 5.88. The van der Waals surface area contributed by atoms with Crippen molar-refractivity contribution in [3.05, 3.63) is 54.7 Å². The summed E-state index contributed by atoms with van der Waals surface area (Å²) >= 11 is 4.28. The van der Waals surface area contributed by atoms with E-state index in [4.69, 9.17) is 4.74 Å². The molecular weight excluding hydrogens is 642 g/mol. The third-order valence-corrected chi connectivity index (χ3v) is 11.2. The Labute approximate surface area is 209 Å². The zero-order valence-corrected chi connectivity index (χ0v) is 21.7. The molecule has 5 nitrogen and oxygen atoms in total. The molecule has 6 rings (SSSR count). The molecule has 0 spiro atoms. The molecule has 0 saturated heterocycles. The van der Waals surface area contributed by atoms with Crippen LogP contribution in [0.25, 0.3) is 0 Å². The van der Waals surface area contributed by atoms with E-state index in [2.05, 4.69) is 45.2 Å². The minimum atomic E-state index is -4.62. The fraction of sp³-hybridized carbons (Fsp3) is 0.435. The van der Waals surface area contributed by atoms with Crippen molar-refractivity contribution in [1.29, 1.82) is 0 Å². The minimum absolute atomic E-state index is 0.0444. The van der Waals surface area contributed by atoms with Crippen LogP contribution in [0.1, 0.15) is 53.9 Å². The molecule has 8 heteroatoms. The van der Waals surface area contributed by atoms with Crippen LogP contribution < -0.4 is 4.74 Å². The SMILES string of the molecule is O=C(Oc1ccc(S(=O)(=O)[O-])c(C2C3CC4CC(C3)CC2C4)c1)c1cccc(I)c1I. The lowest BCUT2D eigenvalue weighted by Gasteiger charge is -2.55. The Morgan fingerprint density at radius 3 is 2.23 bits per heavy atom. The summed E-state index contributed by atoms with van der Waals surface area (Å²) in [6.45, 7) is 0. The van der Waals surface area contributed by atoms with Crippen LogP contribution in [0.5, 0.6) is 5.75 Å². The van der Waals surface area contributed by atoms with Gasteiger partial charge in [-0.3, -0.25) is 0 Å². The van der Waals surface area contributed by atoms with E-state index in [-0.39, 0.29) is 16.6 Å². The van der Waals surface area contributed by atoms with Crippen LogP contribution >= 0.6 is 45.2 Å². The third-order valence-electron chi connectivity index (χ3n) is 7.22. The van der Waals surface area contributed by atoms with Crippen molar-refractivity contribution >= 4 is 61.3 Å².